The first-order valence-corrected chi connectivity index (χ1v) is 14.3. The Kier molecular flexibility index (Phi) is 7.55. The van der Waals surface area contributed by atoms with Crippen molar-refractivity contribution in [1.82, 2.24) is 25.1 Å². The van der Waals surface area contributed by atoms with Crippen LogP contribution in [0.5, 0.6) is 0 Å². The third kappa shape index (κ3) is 5.82. The fourth-order valence-electron chi connectivity index (χ4n) is 5.15. The normalized spacial score (nSPS) is 15.8. The number of anilines is 1. The van der Waals surface area contributed by atoms with Crippen LogP contribution in [0.2, 0.25) is 0 Å². The fourth-order valence-corrected chi connectivity index (χ4v) is 5.82. The molecule has 0 bridgehead atoms. The van der Waals surface area contributed by atoms with Gasteiger partial charge in [-0.25, -0.2) is 9.78 Å². The minimum absolute atomic E-state index is 0.219. The SMILES string of the molecule is Cc1cc(C)c2c(N(C(=O)c3ccc(-c4nnc(C)s4)nc3)[C@@H]3CCCN(C(=O)OC(C)(C)C)C3)nccc2c1. The molecule has 9 nitrogen and oxygen atoms in total. The average Bonchev–Trinajstić information content (AvgIpc) is 3.34. The second kappa shape index (κ2) is 10.9. The van der Waals surface area contributed by atoms with Crippen LogP contribution in [0, 0.1) is 20.8 Å². The van der Waals surface area contributed by atoms with Gasteiger partial charge in [-0.2, -0.15) is 0 Å². The van der Waals surface area contributed by atoms with E-state index in [2.05, 4.69) is 34.2 Å². The van der Waals surface area contributed by atoms with Gasteiger partial charge in [-0.05, 0) is 83.5 Å². The number of amides is 2. The summed E-state index contributed by atoms with van der Waals surface area (Å²) in [5.41, 5.74) is 2.67. The van der Waals surface area contributed by atoms with Gasteiger partial charge in [-0.15, -0.1) is 10.2 Å². The second-order valence-corrected chi connectivity index (χ2v) is 12.5. The van der Waals surface area contributed by atoms with Crippen molar-refractivity contribution < 1.29 is 14.3 Å². The van der Waals surface area contributed by atoms with Gasteiger partial charge in [0.2, 0.25) is 0 Å². The highest BCUT2D eigenvalue weighted by atomic mass is 32.1. The molecule has 1 aliphatic rings. The van der Waals surface area contributed by atoms with E-state index in [1.165, 1.54) is 11.3 Å². The number of likely N-dealkylation sites (tertiary alicyclic amines) is 1. The van der Waals surface area contributed by atoms with Crippen LogP contribution in [-0.4, -0.2) is 61.8 Å². The number of rotatable bonds is 4. The van der Waals surface area contributed by atoms with Crippen molar-refractivity contribution in [2.75, 3.05) is 18.0 Å². The Morgan fingerprint density at radius 3 is 2.55 bits per heavy atom. The van der Waals surface area contributed by atoms with Crippen LogP contribution in [0.1, 0.15) is 60.1 Å². The first-order valence-electron chi connectivity index (χ1n) is 13.4. The summed E-state index contributed by atoms with van der Waals surface area (Å²) in [5, 5.41) is 11.7. The van der Waals surface area contributed by atoms with Gasteiger partial charge in [0.05, 0.1) is 11.6 Å². The van der Waals surface area contributed by atoms with Crippen LogP contribution in [-0.2, 0) is 4.74 Å². The largest absolute Gasteiger partial charge is 0.444 e. The van der Waals surface area contributed by atoms with E-state index in [9.17, 15) is 9.59 Å². The molecule has 0 spiro atoms. The van der Waals surface area contributed by atoms with Gasteiger partial charge in [0, 0.05) is 30.9 Å². The highest BCUT2D eigenvalue weighted by Gasteiger charge is 2.35. The number of benzene rings is 1. The quantitative estimate of drug-likeness (QED) is 0.297. The zero-order valence-corrected chi connectivity index (χ0v) is 24.6. The summed E-state index contributed by atoms with van der Waals surface area (Å²) in [6, 6.07) is 9.44. The van der Waals surface area contributed by atoms with Crippen LogP contribution in [0.3, 0.4) is 0 Å². The smallest absolute Gasteiger partial charge is 0.410 e. The topological polar surface area (TPSA) is 101 Å². The van der Waals surface area contributed by atoms with Gasteiger partial charge in [-0.3, -0.25) is 14.7 Å². The number of hydrogen-bond donors (Lipinski definition) is 0. The monoisotopic (exact) mass is 558 g/mol. The number of fused-ring (bicyclic) bond motifs is 1. The summed E-state index contributed by atoms with van der Waals surface area (Å²) < 4.78 is 5.66. The first-order chi connectivity index (χ1) is 19.0. The Labute approximate surface area is 238 Å². The lowest BCUT2D eigenvalue weighted by atomic mass is 9.99. The maximum absolute atomic E-state index is 14.3. The minimum atomic E-state index is -0.607. The van der Waals surface area contributed by atoms with Gasteiger partial charge in [0.15, 0.2) is 5.01 Å². The summed E-state index contributed by atoms with van der Waals surface area (Å²) in [4.78, 5) is 40.0. The van der Waals surface area contributed by atoms with E-state index in [0.29, 0.717) is 35.2 Å². The van der Waals surface area contributed by atoms with Crippen molar-refractivity contribution in [3.63, 3.8) is 0 Å². The van der Waals surface area contributed by atoms with E-state index in [4.69, 9.17) is 9.72 Å². The van der Waals surface area contributed by atoms with E-state index < -0.39 is 5.60 Å². The lowest BCUT2D eigenvalue weighted by Crippen LogP contribution is -2.53. The van der Waals surface area contributed by atoms with E-state index >= 15 is 0 Å². The number of aryl methyl sites for hydroxylation is 3. The first kappa shape index (κ1) is 27.6. The summed E-state index contributed by atoms with van der Waals surface area (Å²) in [6.45, 7) is 12.5. The maximum Gasteiger partial charge on any atom is 0.410 e. The standard InChI is InChI=1S/C30H34N6O3S/c1-18-14-19(2)25-21(15-18)11-12-31-26(25)36(23-8-7-13-35(17-23)29(38)39-30(4,5)6)28(37)22-9-10-24(32-16-22)27-34-33-20(3)40-27/h9-12,14-16,23H,7-8,13,17H2,1-6H3/t23-/m1/s1. The minimum Gasteiger partial charge on any atom is -0.444 e. The molecule has 1 aliphatic heterocycles. The Bertz CT molecular complexity index is 1560. The lowest BCUT2D eigenvalue weighted by molar-refractivity contribution is 0.0196. The molecule has 1 atom stereocenters. The van der Waals surface area contributed by atoms with Gasteiger partial charge >= 0.3 is 6.09 Å². The average molecular weight is 559 g/mol. The molecule has 0 saturated carbocycles. The molecule has 0 N–H and O–H groups in total. The summed E-state index contributed by atoms with van der Waals surface area (Å²) >= 11 is 1.45. The summed E-state index contributed by atoms with van der Waals surface area (Å²) in [7, 11) is 0. The Hall–Kier alpha value is -3.92. The van der Waals surface area contributed by atoms with Gasteiger partial charge in [0.25, 0.3) is 5.91 Å². The molecule has 2 amide bonds. The Balaban J connectivity index is 1.55. The molecule has 208 valence electrons. The maximum atomic E-state index is 14.3. The molecule has 4 heterocycles. The molecule has 3 aromatic heterocycles. The van der Waals surface area contributed by atoms with E-state index in [0.717, 1.165) is 39.7 Å². The van der Waals surface area contributed by atoms with Crippen molar-refractivity contribution in [2.45, 2.75) is 66.0 Å². The molecular formula is C30H34N6O3S. The predicted octanol–water partition coefficient (Wildman–Crippen LogP) is 6.12. The molecule has 40 heavy (non-hydrogen) atoms. The molecule has 10 heteroatoms. The lowest BCUT2D eigenvalue weighted by Gasteiger charge is -2.39. The molecule has 5 rings (SSSR count). The number of ether oxygens (including phenoxy) is 1. The molecule has 4 aromatic rings. The van der Waals surface area contributed by atoms with Crippen LogP contribution >= 0.6 is 11.3 Å². The predicted molar refractivity (Wildman–Crippen MR) is 157 cm³/mol. The van der Waals surface area contributed by atoms with E-state index in [-0.39, 0.29) is 18.0 Å². The summed E-state index contributed by atoms with van der Waals surface area (Å²) in [6.07, 6.45) is 4.41. The van der Waals surface area contributed by atoms with Crippen LogP contribution in [0.4, 0.5) is 10.6 Å². The number of piperidine rings is 1. The number of carbonyl (C=O) groups excluding carboxylic acids is 2. The van der Waals surface area contributed by atoms with Gasteiger partial charge in [-0.1, -0.05) is 29.0 Å². The molecule has 1 fully saturated rings. The zero-order valence-electron chi connectivity index (χ0n) is 23.8. The van der Waals surface area contributed by atoms with Crippen molar-refractivity contribution in [2.24, 2.45) is 0 Å². The highest BCUT2D eigenvalue weighted by Crippen LogP contribution is 2.33. The van der Waals surface area contributed by atoms with Crippen molar-refractivity contribution in [3.8, 4) is 10.7 Å². The van der Waals surface area contributed by atoms with Crippen molar-refractivity contribution >= 4 is 39.9 Å². The number of aromatic nitrogens is 4. The van der Waals surface area contributed by atoms with Gasteiger partial charge < -0.3 is 9.64 Å². The van der Waals surface area contributed by atoms with Crippen molar-refractivity contribution in [1.29, 1.82) is 0 Å². The van der Waals surface area contributed by atoms with E-state index in [1.807, 2.05) is 40.7 Å². The van der Waals surface area contributed by atoms with Crippen LogP contribution in [0.25, 0.3) is 21.5 Å². The molecular weight excluding hydrogens is 524 g/mol. The second-order valence-electron chi connectivity index (χ2n) is 11.3. The highest BCUT2D eigenvalue weighted by molar-refractivity contribution is 7.14. The molecule has 1 aromatic carbocycles. The van der Waals surface area contributed by atoms with Gasteiger partial charge in [0.1, 0.15) is 22.1 Å². The van der Waals surface area contributed by atoms with Crippen molar-refractivity contribution in [3.05, 3.63) is 64.4 Å². The van der Waals surface area contributed by atoms with E-state index in [1.54, 1.807) is 34.3 Å². The Morgan fingerprint density at radius 2 is 1.88 bits per heavy atom. The zero-order chi connectivity index (χ0) is 28.6. The van der Waals surface area contributed by atoms with Crippen LogP contribution in [0.15, 0.2) is 42.7 Å². The molecule has 1 saturated heterocycles. The molecule has 0 radical (unpaired) electrons. The Morgan fingerprint density at radius 1 is 1.07 bits per heavy atom. The molecule has 0 unspecified atom stereocenters. The number of nitrogens with zero attached hydrogens (tertiary/aromatic N) is 6. The van der Waals surface area contributed by atoms with Crippen LogP contribution < -0.4 is 4.90 Å². The number of hydrogen-bond acceptors (Lipinski definition) is 8. The number of pyridine rings is 2. The third-order valence-corrected chi connectivity index (χ3v) is 7.66. The fraction of sp³-hybridized carbons (Fsp3) is 0.400. The third-order valence-electron chi connectivity index (χ3n) is 6.80. The summed E-state index contributed by atoms with van der Waals surface area (Å²) in [5.74, 6) is 0.364. The molecule has 0 aliphatic carbocycles. The number of carbonyl (C=O) groups is 2.